The topological polar surface area (TPSA) is 83.8 Å². The van der Waals surface area contributed by atoms with E-state index in [9.17, 15) is 9.59 Å². The fourth-order valence-corrected chi connectivity index (χ4v) is 14.5. The molecule has 0 N–H and O–H groups in total. The zero-order valence-electron chi connectivity index (χ0n) is 44.0. The van der Waals surface area contributed by atoms with Gasteiger partial charge < -0.3 is 9.68 Å². The van der Waals surface area contributed by atoms with Crippen LogP contribution in [-0.2, 0) is 32.1 Å². The maximum atomic E-state index is 13.6. The van der Waals surface area contributed by atoms with Gasteiger partial charge in [0.1, 0.15) is 12.7 Å². The molecule has 0 spiro atoms. The van der Waals surface area contributed by atoms with Crippen LogP contribution in [0, 0.1) is 0 Å². The minimum Gasteiger partial charge on any atom is -0.335 e. The minimum absolute atomic E-state index is 0.0355. The molecule has 6 atom stereocenters. The molecule has 0 saturated carbocycles. The summed E-state index contributed by atoms with van der Waals surface area (Å²) in [6.07, 6.45) is 11.7. The zero-order chi connectivity index (χ0) is 52.5. The lowest BCUT2D eigenvalue weighted by atomic mass is 9.65. The summed E-state index contributed by atoms with van der Waals surface area (Å²) in [7, 11) is 0. The number of nitrogens with zero attached hydrogens (tertiary/aromatic N) is 4. The molecule has 6 unspecified atom stereocenters. The van der Waals surface area contributed by atoms with Gasteiger partial charge in [0, 0.05) is 24.0 Å². The van der Waals surface area contributed by atoms with Crippen molar-refractivity contribution in [1.29, 1.82) is 0 Å². The molecule has 0 saturated heterocycles. The summed E-state index contributed by atoms with van der Waals surface area (Å²) in [5, 5.41) is 18.0. The van der Waals surface area contributed by atoms with Crippen LogP contribution in [0.1, 0.15) is 96.6 Å². The van der Waals surface area contributed by atoms with E-state index in [-0.39, 0.29) is 23.7 Å². The first-order chi connectivity index (χ1) is 38.2. The molecule has 8 nitrogen and oxygen atoms in total. The molecule has 78 heavy (non-hydrogen) atoms. The van der Waals surface area contributed by atoms with E-state index in [1.165, 1.54) is 108 Å². The van der Waals surface area contributed by atoms with Gasteiger partial charge in [-0.25, -0.2) is 9.59 Å². The van der Waals surface area contributed by atoms with Crippen LogP contribution < -0.4 is 0 Å². The summed E-state index contributed by atoms with van der Waals surface area (Å²) in [4.78, 5) is 49.5. The van der Waals surface area contributed by atoms with Gasteiger partial charge in [0.15, 0.2) is 0 Å². The van der Waals surface area contributed by atoms with Gasteiger partial charge in [-0.1, -0.05) is 182 Å². The van der Waals surface area contributed by atoms with Gasteiger partial charge in [-0.3, -0.25) is 9.98 Å². The Kier molecular flexibility index (Phi) is 11.7. The van der Waals surface area contributed by atoms with Crippen LogP contribution in [0.5, 0.6) is 0 Å². The Hall–Kier alpha value is -8.62. The van der Waals surface area contributed by atoms with Crippen LogP contribution in [0.3, 0.4) is 0 Å². The summed E-state index contributed by atoms with van der Waals surface area (Å²) in [6, 6.07) is 66.3. The van der Waals surface area contributed by atoms with E-state index >= 15 is 0 Å². The van der Waals surface area contributed by atoms with E-state index in [4.69, 9.17) is 19.7 Å². The molecule has 2 heterocycles. The maximum Gasteiger partial charge on any atom is 0.356 e. The summed E-state index contributed by atoms with van der Waals surface area (Å²) >= 11 is 0. The highest BCUT2D eigenvalue weighted by Crippen LogP contribution is 2.53. The minimum atomic E-state index is -0.695. The Morgan fingerprint density at radius 1 is 0.462 bits per heavy atom. The van der Waals surface area contributed by atoms with Crippen LogP contribution in [0.25, 0.3) is 64.6 Å². The molecule has 384 valence electrons. The summed E-state index contributed by atoms with van der Waals surface area (Å²) in [5.41, 5.74) is 6.66. The Balaban J connectivity index is 0.694. The van der Waals surface area contributed by atoms with Crippen molar-refractivity contribution in [2.75, 3.05) is 13.1 Å². The molecule has 0 radical (unpaired) electrons. The van der Waals surface area contributed by atoms with Crippen molar-refractivity contribution in [3.63, 3.8) is 0 Å². The van der Waals surface area contributed by atoms with Crippen molar-refractivity contribution in [1.82, 2.24) is 10.1 Å². The highest BCUT2D eigenvalue weighted by Gasteiger charge is 2.48. The molecule has 8 heteroatoms. The Labute approximate surface area is 454 Å². The summed E-state index contributed by atoms with van der Waals surface area (Å²) in [6.45, 7) is 5.05. The van der Waals surface area contributed by atoms with Gasteiger partial charge in [0.25, 0.3) is 0 Å². The lowest BCUT2D eigenvalue weighted by Crippen LogP contribution is -2.41. The third kappa shape index (κ3) is 8.37. The molecule has 2 aliphatic carbocycles. The van der Waals surface area contributed by atoms with E-state index < -0.39 is 23.0 Å². The second-order valence-corrected chi connectivity index (χ2v) is 22.7. The highest BCUT2D eigenvalue weighted by molar-refractivity contribution is 6.10. The highest BCUT2D eigenvalue weighted by atomic mass is 16.7. The van der Waals surface area contributed by atoms with Crippen LogP contribution in [0.15, 0.2) is 204 Å². The average molecular weight is 1020 g/mol. The molecule has 0 aromatic heterocycles. The Morgan fingerprint density at radius 3 is 1.29 bits per heavy atom. The molecule has 0 fully saturated rings. The molecule has 4 aliphatic rings. The molecule has 0 bridgehead atoms. The van der Waals surface area contributed by atoms with Gasteiger partial charge in [-0.2, -0.15) is 10.1 Å². The molecule has 10 aromatic carbocycles. The van der Waals surface area contributed by atoms with E-state index in [1.807, 2.05) is 0 Å². The predicted molar refractivity (Wildman–Crippen MR) is 316 cm³/mol. The number of aliphatic imine (C=N–C) groups is 2. The molecular formula is C70H60N4O4. The van der Waals surface area contributed by atoms with Gasteiger partial charge in [-0.05, 0) is 162 Å². The smallest absolute Gasteiger partial charge is 0.335 e. The van der Waals surface area contributed by atoms with Crippen LogP contribution >= 0.6 is 0 Å². The van der Waals surface area contributed by atoms with Crippen LogP contribution in [0.2, 0.25) is 0 Å². The number of carbonyl (C=O) groups is 2. The summed E-state index contributed by atoms with van der Waals surface area (Å²) in [5.74, 6) is -1.13. The fraction of sp³-hybridized carbons (Fsp3) is 0.229. The second-order valence-electron chi connectivity index (χ2n) is 22.7. The van der Waals surface area contributed by atoms with Crippen LogP contribution in [0.4, 0.5) is 0 Å². The van der Waals surface area contributed by atoms with Crippen molar-refractivity contribution >= 4 is 89.3 Å². The number of hydroxylamine groups is 4. The Bertz CT molecular complexity index is 3900. The first-order valence-electron chi connectivity index (χ1n) is 27.8. The van der Waals surface area contributed by atoms with Crippen LogP contribution in [-0.4, -0.2) is 58.9 Å². The van der Waals surface area contributed by atoms with Gasteiger partial charge >= 0.3 is 11.9 Å². The normalized spacial score (nSPS) is 21.7. The Morgan fingerprint density at radius 2 is 0.846 bits per heavy atom. The predicted octanol–water partition coefficient (Wildman–Crippen LogP) is 15.4. The van der Waals surface area contributed by atoms with Crippen molar-refractivity contribution in [3.05, 3.63) is 228 Å². The van der Waals surface area contributed by atoms with Crippen molar-refractivity contribution in [2.24, 2.45) is 9.98 Å². The number of hydrogen-bond acceptors (Lipinski definition) is 8. The molecule has 0 amide bonds. The van der Waals surface area contributed by atoms with Crippen molar-refractivity contribution < 1.29 is 19.3 Å². The van der Waals surface area contributed by atoms with Gasteiger partial charge in [-0.15, -0.1) is 0 Å². The van der Waals surface area contributed by atoms with E-state index in [0.717, 1.165) is 50.7 Å². The number of rotatable bonds is 10. The molecule has 2 aliphatic heterocycles. The fourth-order valence-electron chi connectivity index (χ4n) is 14.5. The van der Waals surface area contributed by atoms with E-state index in [2.05, 4.69) is 196 Å². The first kappa shape index (κ1) is 47.8. The van der Waals surface area contributed by atoms with Gasteiger partial charge in [0.2, 0.25) is 0 Å². The lowest BCUT2D eigenvalue weighted by Gasteiger charge is -2.41. The molecular weight excluding hydrogens is 961 g/mol. The second kappa shape index (κ2) is 19.1. The van der Waals surface area contributed by atoms with Gasteiger partial charge in [0.05, 0.1) is 24.2 Å². The van der Waals surface area contributed by atoms with Crippen molar-refractivity contribution in [2.45, 2.75) is 87.1 Å². The van der Waals surface area contributed by atoms with E-state index in [0.29, 0.717) is 13.1 Å². The standard InChI is InChI=1S/C70H60N4O4/c1-69(67(51-27-25-45-13-3-5-17-49(45)39-51)63-23-11-21-55-59-31-29-47-15-7-9-19-53(47)57(59)33-35-61(55)63)41-73(43-71-69)77-65(75)37-38-66(76)78-74-42-70(2,72-44-74)68(52-28-26-46-14-4-6-18-50(46)40-52)64-24-12-22-56-60-32-30-48-16-8-10-20-54(48)58(60)34-36-62(56)64/h3-10,13-20,25-40,43-44,63-64,67-68H,11-12,21-24,41-42H2,1-2H3/b38-37+. The summed E-state index contributed by atoms with van der Waals surface area (Å²) < 4.78 is 0. The molecule has 10 aromatic rings. The first-order valence-corrected chi connectivity index (χ1v) is 27.8. The quantitative estimate of drug-likeness (QED) is 0.100. The van der Waals surface area contributed by atoms with E-state index in [1.54, 1.807) is 12.7 Å². The zero-order valence-corrected chi connectivity index (χ0v) is 44.0. The number of aryl methyl sites for hydroxylation is 2. The number of carbonyl (C=O) groups excluding carboxylic acids is 2. The molecule has 14 rings (SSSR count). The number of benzene rings is 10. The number of hydrogen-bond donors (Lipinski definition) is 0. The third-order valence-electron chi connectivity index (χ3n) is 17.9. The van der Waals surface area contributed by atoms with Crippen molar-refractivity contribution in [3.8, 4) is 0 Å². The third-order valence-corrected chi connectivity index (χ3v) is 17.9. The lowest BCUT2D eigenvalue weighted by molar-refractivity contribution is -0.168. The largest absolute Gasteiger partial charge is 0.356 e. The monoisotopic (exact) mass is 1020 g/mol. The number of fused-ring (bicyclic) bond motifs is 12. The maximum absolute atomic E-state index is 13.6. The average Bonchev–Trinajstić information content (AvgIpc) is 4.15. The SMILES string of the molecule is CC1(C(c2ccc3ccccc3c2)C2CCCc3c2ccc2c3ccc3ccccc32)CN(OC(=O)/C=C/C(=O)ON2C=NC(C)(C(c3ccc4ccccc4c3)C3CCCc4c3ccc3c4ccc4ccccc43)C2)C=N1.